The van der Waals surface area contributed by atoms with Crippen LogP contribution in [0.1, 0.15) is 163 Å². The van der Waals surface area contributed by atoms with E-state index in [2.05, 4.69) is 25.5 Å². The Labute approximate surface area is 201 Å². The summed E-state index contributed by atoms with van der Waals surface area (Å²) in [5.41, 5.74) is 7.06. The Kier molecular flexibility index (Phi) is 27.6. The number of hydrogen-bond donors (Lipinski definition) is 2. The van der Waals surface area contributed by atoms with E-state index in [9.17, 15) is 4.79 Å². The first-order chi connectivity index (χ1) is 15.5. The number of unbranched alkanes of at least 4 members (excludes halogenated alkanes) is 15. The summed E-state index contributed by atoms with van der Waals surface area (Å²) in [6, 6.07) is 0. The van der Waals surface area contributed by atoms with Crippen LogP contribution in [0.25, 0.3) is 0 Å². The molecule has 0 aromatic heterocycles. The highest BCUT2D eigenvalue weighted by Crippen LogP contribution is 2.27. The molecule has 0 saturated carbocycles. The molecule has 0 atom stereocenters. The second kappa shape index (κ2) is 26.5. The van der Waals surface area contributed by atoms with Gasteiger partial charge >= 0.3 is 6.16 Å². The average Bonchev–Trinajstić information content (AvgIpc) is 2.76. The molecule has 194 valence electrons. The normalized spacial score (nSPS) is 11.2. The summed E-state index contributed by atoms with van der Waals surface area (Å²) in [5, 5.41) is 7.69. The molecule has 0 fully saturated rings. The Balaban J connectivity index is 0. The van der Waals surface area contributed by atoms with Crippen molar-refractivity contribution in [3.8, 4) is 0 Å². The monoisotopic (exact) mass is 457 g/mol. The van der Waals surface area contributed by atoms with Gasteiger partial charge in [-0.3, -0.25) is 0 Å². The van der Waals surface area contributed by atoms with E-state index in [4.69, 9.17) is 10.8 Å². The molecule has 3 N–H and O–H groups in total. The van der Waals surface area contributed by atoms with Crippen molar-refractivity contribution >= 4 is 6.16 Å². The van der Waals surface area contributed by atoms with Gasteiger partial charge in [-0.25, -0.2) is 4.79 Å². The molecule has 4 heteroatoms. The molecule has 0 heterocycles. The van der Waals surface area contributed by atoms with Crippen molar-refractivity contribution in [1.82, 2.24) is 0 Å². The van der Waals surface area contributed by atoms with E-state index < -0.39 is 6.16 Å². The maximum atomic E-state index is 9.38. The van der Waals surface area contributed by atoms with Crippen LogP contribution in [0, 0.1) is 0 Å². The van der Waals surface area contributed by atoms with Gasteiger partial charge in [0, 0.05) is 5.54 Å². The maximum absolute atomic E-state index is 9.38. The van der Waals surface area contributed by atoms with E-state index in [1.54, 1.807) is 6.92 Å². The van der Waals surface area contributed by atoms with E-state index in [1.165, 1.54) is 135 Å². The van der Waals surface area contributed by atoms with Crippen LogP contribution in [-0.4, -0.2) is 23.4 Å². The van der Waals surface area contributed by atoms with Crippen molar-refractivity contribution < 1.29 is 14.6 Å². The molecule has 0 spiro atoms. The van der Waals surface area contributed by atoms with Gasteiger partial charge in [0.05, 0.1) is 6.61 Å². The fraction of sp³-hybridized carbons (Fsp3) is 0.964. The minimum Gasteiger partial charge on any atom is -0.450 e. The molecule has 32 heavy (non-hydrogen) atoms. The van der Waals surface area contributed by atoms with Crippen molar-refractivity contribution in [1.29, 1.82) is 0 Å². The van der Waals surface area contributed by atoms with Crippen LogP contribution in [-0.2, 0) is 4.74 Å². The summed E-state index contributed by atoms with van der Waals surface area (Å²) in [6.07, 6.45) is 27.6. The zero-order chi connectivity index (χ0) is 24.3. The van der Waals surface area contributed by atoms with Crippen LogP contribution in [0.2, 0.25) is 0 Å². The summed E-state index contributed by atoms with van der Waals surface area (Å²) in [7, 11) is 0. The highest BCUT2D eigenvalue weighted by Gasteiger charge is 2.23. The van der Waals surface area contributed by atoms with Crippen molar-refractivity contribution in [2.24, 2.45) is 5.73 Å². The van der Waals surface area contributed by atoms with Crippen molar-refractivity contribution in [2.75, 3.05) is 6.61 Å². The third-order valence-corrected chi connectivity index (χ3v) is 6.35. The van der Waals surface area contributed by atoms with Crippen molar-refractivity contribution in [2.45, 2.75) is 168 Å². The molecule has 0 aliphatic heterocycles. The number of hydrogen-bond acceptors (Lipinski definition) is 3. The summed E-state index contributed by atoms with van der Waals surface area (Å²) >= 11 is 0. The lowest BCUT2D eigenvalue weighted by atomic mass is 9.82. The largest absolute Gasteiger partial charge is 0.505 e. The van der Waals surface area contributed by atoms with Crippen LogP contribution >= 0.6 is 0 Å². The van der Waals surface area contributed by atoms with Gasteiger partial charge in [-0.15, -0.1) is 0 Å². The Morgan fingerprint density at radius 1 is 0.594 bits per heavy atom. The second-order valence-corrected chi connectivity index (χ2v) is 9.61. The first-order valence-electron chi connectivity index (χ1n) is 14.1. The first kappa shape index (κ1) is 33.4. The highest BCUT2D eigenvalue weighted by atomic mass is 16.7. The average molecular weight is 458 g/mol. The lowest BCUT2D eigenvalue weighted by Gasteiger charge is -2.30. The van der Waals surface area contributed by atoms with Gasteiger partial charge in [-0.2, -0.15) is 0 Å². The van der Waals surface area contributed by atoms with Gasteiger partial charge in [-0.05, 0) is 26.2 Å². The molecule has 0 unspecified atom stereocenters. The highest BCUT2D eigenvalue weighted by molar-refractivity contribution is 5.56. The zero-order valence-corrected chi connectivity index (χ0v) is 22.4. The van der Waals surface area contributed by atoms with E-state index in [0.29, 0.717) is 0 Å². The molecule has 0 amide bonds. The minimum atomic E-state index is -1.21. The summed E-state index contributed by atoms with van der Waals surface area (Å²) in [5.74, 6) is 0. The molecule has 4 nitrogen and oxygen atoms in total. The Morgan fingerprint density at radius 3 is 1.09 bits per heavy atom. The third kappa shape index (κ3) is 27.3. The summed E-state index contributed by atoms with van der Waals surface area (Å²) in [4.78, 5) is 9.38. The van der Waals surface area contributed by atoms with E-state index >= 15 is 0 Å². The van der Waals surface area contributed by atoms with Crippen LogP contribution in [0.3, 0.4) is 0 Å². The van der Waals surface area contributed by atoms with E-state index in [1.807, 2.05) is 0 Å². The predicted molar refractivity (Wildman–Crippen MR) is 141 cm³/mol. The second-order valence-electron chi connectivity index (χ2n) is 9.61. The van der Waals surface area contributed by atoms with Crippen molar-refractivity contribution in [3.05, 3.63) is 0 Å². The van der Waals surface area contributed by atoms with Gasteiger partial charge in [0.15, 0.2) is 0 Å². The molecular weight excluding hydrogens is 398 g/mol. The molecule has 0 radical (unpaired) electrons. The molecule has 0 saturated heterocycles. The summed E-state index contributed by atoms with van der Waals surface area (Å²) < 4.78 is 3.96. The van der Waals surface area contributed by atoms with E-state index in [0.717, 1.165) is 0 Å². The van der Waals surface area contributed by atoms with E-state index in [-0.39, 0.29) is 12.1 Å². The zero-order valence-electron chi connectivity index (χ0n) is 22.4. The quantitative estimate of drug-likeness (QED) is 0.125. The van der Waals surface area contributed by atoms with Crippen LogP contribution in [0.15, 0.2) is 0 Å². The van der Waals surface area contributed by atoms with Crippen molar-refractivity contribution in [3.63, 3.8) is 0 Å². The topological polar surface area (TPSA) is 72.5 Å². The fourth-order valence-electron chi connectivity index (χ4n) is 4.27. The molecule has 0 aliphatic carbocycles. The minimum absolute atomic E-state index is 0.139. The molecule has 0 bridgehead atoms. The smallest absolute Gasteiger partial charge is 0.450 e. The van der Waals surface area contributed by atoms with Gasteiger partial charge in [0.2, 0.25) is 0 Å². The summed E-state index contributed by atoms with van der Waals surface area (Å²) in [6.45, 7) is 8.74. The van der Waals surface area contributed by atoms with Gasteiger partial charge in [0.1, 0.15) is 0 Å². The first-order valence-corrected chi connectivity index (χ1v) is 14.1. The Morgan fingerprint density at radius 2 is 0.875 bits per heavy atom. The number of carbonyl (C=O) groups is 1. The number of rotatable bonds is 22. The number of nitrogens with two attached hydrogens (primary N) is 1. The molecule has 0 aromatic rings. The Bertz CT molecular complexity index is 333. The van der Waals surface area contributed by atoms with Gasteiger partial charge in [0.25, 0.3) is 0 Å². The number of ether oxygens (including phenoxy) is 1. The third-order valence-electron chi connectivity index (χ3n) is 6.35. The maximum Gasteiger partial charge on any atom is 0.505 e. The van der Waals surface area contributed by atoms with Crippen LogP contribution < -0.4 is 5.73 Å². The predicted octanol–water partition coefficient (Wildman–Crippen LogP) is 9.64. The van der Waals surface area contributed by atoms with Crippen LogP contribution in [0.5, 0.6) is 0 Å². The lowest BCUT2D eigenvalue weighted by Crippen LogP contribution is -2.39. The number of carboxylic acid groups (broad SMARTS) is 1. The lowest BCUT2D eigenvalue weighted by molar-refractivity contribution is 0.0966. The molecule has 0 rings (SSSR count). The molecule has 0 aromatic carbocycles. The molecule has 0 aliphatic rings. The van der Waals surface area contributed by atoms with Crippen LogP contribution in [0.4, 0.5) is 4.79 Å². The SMILES string of the molecule is CCCCCCCCC(N)(CCCCCCCC)CCCCCCCC.CCOC(=O)O. The van der Waals surface area contributed by atoms with Gasteiger partial charge < -0.3 is 15.6 Å². The van der Waals surface area contributed by atoms with Gasteiger partial charge in [-0.1, -0.05) is 136 Å². The fourth-order valence-corrected chi connectivity index (χ4v) is 4.27. The molecular formula is C28H59NO3. The standard InChI is InChI=1S/C25H53N.C3H6O3/c1-4-7-10-13-16-19-22-25(26,23-20-17-14-11-8-5-2)24-21-18-15-12-9-6-3;1-2-6-3(4)5/h4-24,26H2,1-3H3;2H2,1H3,(H,4,5). The Hall–Kier alpha value is -0.770.